The van der Waals surface area contributed by atoms with Crippen LogP contribution in [-0.4, -0.2) is 23.0 Å². The number of rotatable bonds is 3. The fraction of sp³-hybridized carbons (Fsp3) is 0.188. The maximum absolute atomic E-state index is 12.5. The van der Waals surface area contributed by atoms with Crippen molar-refractivity contribution in [3.8, 4) is 5.75 Å². The molecule has 0 fully saturated rings. The Morgan fingerprint density at radius 3 is 2.43 bits per heavy atom. The molecule has 0 saturated carbocycles. The zero-order valence-corrected chi connectivity index (χ0v) is 14.6. The highest BCUT2D eigenvalue weighted by molar-refractivity contribution is 14.1. The van der Waals surface area contributed by atoms with Gasteiger partial charge >= 0.3 is 0 Å². The molecule has 3 nitrogen and oxygen atoms in total. The highest BCUT2D eigenvalue weighted by Gasteiger charge is 2.19. The van der Waals surface area contributed by atoms with Gasteiger partial charge in [0.05, 0.1) is 11.1 Å². The average Bonchev–Trinajstić information content (AvgIpc) is 2.48. The van der Waals surface area contributed by atoms with Crippen LogP contribution in [0, 0.1) is 3.57 Å². The molecule has 5 heteroatoms. The van der Waals surface area contributed by atoms with Crippen molar-refractivity contribution < 1.29 is 9.90 Å². The second kappa shape index (κ2) is 6.66. The van der Waals surface area contributed by atoms with Crippen LogP contribution >= 0.6 is 34.2 Å². The molecule has 0 bridgehead atoms. The van der Waals surface area contributed by atoms with Gasteiger partial charge in [0.2, 0.25) is 0 Å². The van der Waals surface area contributed by atoms with Crippen molar-refractivity contribution >= 4 is 40.1 Å². The molecule has 21 heavy (non-hydrogen) atoms. The molecule has 0 aliphatic heterocycles. The number of hydrogen-bond donors (Lipinski definition) is 1. The number of phenols is 1. The minimum atomic E-state index is -0.101. The van der Waals surface area contributed by atoms with E-state index in [1.807, 2.05) is 25.1 Å². The summed E-state index contributed by atoms with van der Waals surface area (Å²) in [7, 11) is 1.76. The fourth-order valence-corrected chi connectivity index (χ4v) is 2.50. The predicted octanol–water partition coefficient (Wildman–Crippen LogP) is 4.48. The van der Waals surface area contributed by atoms with E-state index in [0.29, 0.717) is 10.6 Å². The lowest BCUT2D eigenvalue weighted by Crippen LogP contribution is -2.29. The minimum Gasteiger partial charge on any atom is -0.508 e. The molecule has 1 amide bonds. The second-order valence-corrected chi connectivity index (χ2v) is 6.38. The Kier molecular flexibility index (Phi) is 5.11. The van der Waals surface area contributed by atoms with Crippen molar-refractivity contribution in [1.82, 2.24) is 4.90 Å². The summed E-state index contributed by atoms with van der Waals surface area (Å²) < 4.78 is 0.917. The zero-order chi connectivity index (χ0) is 15.6. The Balaban J connectivity index is 2.21. The van der Waals surface area contributed by atoms with E-state index in [9.17, 15) is 9.90 Å². The molecular weight excluding hydrogens is 401 g/mol. The van der Waals surface area contributed by atoms with Crippen LogP contribution < -0.4 is 0 Å². The Hall–Kier alpha value is -1.27. The van der Waals surface area contributed by atoms with Crippen LogP contribution in [0.3, 0.4) is 0 Å². The second-order valence-electron chi connectivity index (χ2n) is 4.81. The number of benzene rings is 2. The Labute approximate surface area is 142 Å². The summed E-state index contributed by atoms with van der Waals surface area (Å²) in [5.41, 5.74) is 1.52. The molecule has 0 spiro atoms. The van der Waals surface area contributed by atoms with Crippen LogP contribution in [0.15, 0.2) is 42.5 Å². The summed E-state index contributed by atoms with van der Waals surface area (Å²) in [5, 5.41) is 9.90. The van der Waals surface area contributed by atoms with Gasteiger partial charge in [-0.3, -0.25) is 4.79 Å². The van der Waals surface area contributed by atoms with Crippen molar-refractivity contribution in [1.29, 1.82) is 0 Å². The van der Waals surface area contributed by atoms with Gasteiger partial charge in [-0.05, 0) is 65.4 Å². The molecule has 1 N–H and O–H groups in total. The molecule has 1 unspecified atom stereocenters. The molecule has 0 heterocycles. The summed E-state index contributed by atoms with van der Waals surface area (Å²) in [6.45, 7) is 1.94. The van der Waals surface area contributed by atoms with Crippen molar-refractivity contribution in [3.63, 3.8) is 0 Å². The summed E-state index contributed by atoms with van der Waals surface area (Å²) in [6, 6.07) is 12.0. The van der Waals surface area contributed by atoms with Crippen molar-refractivity contribution in [2.45, 2.75) is 13.0 Å². The van der Waals surface area contributed by atoms with Crippen molar-refractivity contribution in [2.24, 2.45) is 0 Å². The van der Waals surface area contributed by atoms with Gasteiger partial charge in [0.25, 0.3) is 5.91 Å². The van der Waals surface area contributed by atoms with Crippen molar-refractivity contribution in [2.75, 3.05) is 7.05 Å². The molecule has 2 rings (SSSR count). The number of amides is 1. The van der Waals surface area contributed by atoms with E-state index < -0.39 is 0 Å². The van der Waals surface area contributed by atoms with E-state index in [1.165, 1.54) is 0 Å². The maximum atomic E-state index is 12.5. The van der Waals surface area contributed by atoms with Crippen LogP contribution in [-0.2, 0) is 0 Å². The van der Waals surface area contributed by atoms with E-state index in [4.69, 9.17) is 11.6 Å². The molecule has 0 aliphatic rings. The molecule has 0 aromatic heterocycles. The van der Waals surface area contributed by atoms with Crippen molar-refractivity contribution in [3.05, 3.63) is 62.2 Å². The summed E-state index contributed by atoms with van der Waals surface area (Å²) >= 11 is 8.20. The lowest BCUT2D eigenvalue weighted by atomic mass is 10.1. The van der Waals surface area contributed by atoms with Gasteiger partial charge in [-0.2, -0.15) is 0 Å². The Morgan fingerprint density at radius 2 is 1.86 bits per heavy atom. The topological polar surface area (TPSA) is 40.5 Å². The number of phenolic OH excluding ortho intramolecular Hbond substituents is 1. The van der Waals surface area contributed by atoms with Crippen LogP contribution in [0.4, 0.5) is 0 Å². The fourth-order valence-electron chi connectivity index (χ4n) is 1.99. The molecular formula is C16H15ClINO2. The van der Waals surface area contributed by atoms with E-state index in [0.717, 1.165) is 9.13 Å². The monoisotopic (exact) mass is 415 g/mol. The zero-order valence-electron chi connectivity index (χ0n) is 11.7. The predicted molar refractivity (Wildman–Crippen MR) is 92.8 cm³/mol. The molecule has 0 aliphatic carbocycles. The number of carbonyl (C=O) groups excluding carboxylic acids is 1. The number of aromatic hydroxyl groups is 1. The van der Waals surface area contributed by atoms with Gasteiger partial charge in [0.15, 0.2) is 0 Å². The Bertz CT molecular complexity index is 658. The number of hydrogen-bond acceptors (Lipinski definition) is 2. The third-order valence-electron chi connectivity index (χ3n) is 3.44. The average molecular weight is 416 g/mol. The van der Waals surface area contributed by atoms with Crippen LogP contribution in [0.1, 0.15) is 28.9 Å². The van der Waals surface area contributed by atoms with E-state index in [-0.39, 0.29) is 17.7 Å². The third kappa shape index (κ3) is 3.68. The summed E-state index contributed by atoms with van der Waals surface area (Å²) in [4.78, 5) is 14.2. The van der Waals surface area contributed by atoms with Gasteiger partial charge in [-0.25, -0.2) is 0 Å². The first-order valence-electron chi connectivity index (χ1n) is 6.41. The highest BCUT2D eigenvalue weighted by Crippen LogP contribution is 2.25. The van der Waals surface area contributed by atoms with Gasteiger partial charge in [0.1, 0.15) is 5.75 Å². The smallest absolute Gasteiger partial charge is 0.254 e. The molecule has 110 valence electrons. The molecule has 2 aromatic rings. The first-order valence-corrected chi connectivity index (χ1v) is 7.87. The highest BCUT2D eigenvalue weighted by atomic mass is 127. The van der Waals surface area contributed by atoms with Gasteiger partial charge in [0, 0.05) is 16.2 Å². The van der Waals surface area contributed by atoms with Crippen LogP contribution in [0.2, 0.25) is 5.02 Å². The maximum Gasteiger partial charge on any atom is 0.254 e. The SMILES string of the molecule is CC(c1ccc(O)cc1)N(C)C(=O)c1ccc(I)c(Cl)c1. The minimum absolute atomic E-state index is 0.0890. The summed E-state index contributed by atoms with van der Waals surface area (Å²) in [5.74, 6) is 0.123. The van der Waals surface area contributed by atoms with Crippen LogP contribution in [0.25, 0.3) is 0 Å². The normalized spacial score (nSPS) is 12.0. The van der Waals surface area contributed by atoms with Gasteiger partial charge in [-0.1, -0.05) is 23.7 Å². The van der Waals surface area contributed by atoms with E-state index in [1.54, 1.807) is 36.2 Å². The van der Waals surface area contributed by atoms with Crippen LogP contribution in [0.5, 0.6) is 5.75 Å². The van der Waals surface area contributed by atoms with Gasteiger partial charge in [-0.15, -0.1) is 0 Å². The Morgan fingerprint density at radius 1 is 1.24 bits per heavy atom. The first-order chi connectivity index (χ1) is 9.90. The largest absolute Gasteiger partial charge is 0.508 e. The lowest BCUT2D eigenvalue weighted by Gasteiger charge is -2.25. The molecule has 1 atom stereocenters. The number of carbonyl (C=O) groups is 1. The first kappa shape index (κ1) is 16.1. The molecule has 2 aromatic carbocycles. The third-order valence-corrected chi connectivity index (χ3v) is 5.02. The lowest BCUT2D eigenvalue weighted by molar-refractivity contribution is 0.0742. The number of nitrogens with zero attached hydrogens (tertiary/aromatic N) is 1. The van der Waals surface area contributed by atoms with Gasteiger partial charge < -0.3 is 10.0 Å². The molecule has 0 saturated heterocycles. The van der Waals surface area contributed by atoms with E-state index >= 15 is 0 Å². The standard InChI is InChI=1S/C16H15ClINO2/c1-10(11-3-6-13(20)7-4-11)19(2)16(21)12-5-8-15(18)14(17)9-12/h3-10,20H,1-2H3. The number of halogens is 2. The summed E-state index contributed by atoms with van der Waals surface area (Å²) in [6.07, 6.45) is 0. The van der Waals surface area contributed by atoms with E-state index in [2.05, 4.69) is 22.6 Å². The molecule has 0 radical (unpaired) electrons. The quantitative estimate of drug-likeness (QED) is 0.751.